The number of fused-ring (bicyclic) bond motifs is 39. The SMILES string of the molecule is c1ccc(-c2ccc3c(c2)c2cc(-c4ccc5c(c4)c4cccc6c7ccccc7n5c64)ccc2n3-c2ccc3c(c2)oc2ccccc23)cc1.c1ccc2c(c1)ccc1c2c2ccc3c(c4cccc5c6ccccc6n3c54)c2n1-c1ccc2c(c1)oc1ccccc12.c1ccc2c(c1)oc1cc(-n3c4ccccc4c4cc5c(cc43)c3cccc4c6ccccc6n5c43)ccc12. The minimum Gasteiger partial charge on any atom is -0.456 e. The number of rotatable bonds is 5. The van der Waals surface area contributed by atoms with E-state index in [2.05, 4.69) is 415 Å². The van der Waals surface area contributed by atoms with E-state index in [1.54, 1.807) is 0 Å². The van der Waals surface area contributed by atoms with Crippen LogP contribution in [0.25, 0.3) is 296 Å². The summed E-state index contributed by atoms with van der Waals surface area (Å²) in [6.45, 7) is 0. The third-order valence-corrected chi connectivity index (χ3v) is 29.3. The summed E-state index contributed by atoms with van der Waals surface area (Å²) in [4.78, 5) is 0. The molecule has 21 aromatic carbocycles. The van der Waals surface area contributed by atoms with Gasteiger partial charge >= 0.3 is 0 Å². The van der Waals surface area contributed by atoms with E-state index in [-0.39, 0.29) is 0 Å². The second-order valence-corrected chi connectivity index (χ2v) is 36.0. The van der Waals surface area contributed by atoms with Gasteiger partial charge in [0, 0.05) is 165 Å². The molecular weight excluding hydrogens is 1620 g/mol. The number of aromatic nitrogens is 6. The molecule has 0 bridgehead atoms. The van der Waals surface area contributed by atoms with Gasteiger partial charge in [-0.25, -0.2) is 0 Å². The Balaban J connectivity index is 0.0000000945. The molecule has 12 aromatic heterocycles. The molecule has 33 aromatic rings. The van der Waals surface area contributed by atoms with E-state index < -0.39 is 0 Å². The van der Waals surface area contributed by atoms with E-state index in [9.17, 15) is 0 Å². The predicted octanol–water partition coefficient (Wildman–Crippen LogP) is 34.0. The van der Waals surface area contributed by atoms with Crippen LogP contribution in [0.15, 0.2) is 438 Å². The van der Waals surface area contributed by atoms with Crippen LogP contribution >= 0.6 is 0 Å². The third kappa shape index (κ3) is 9.71. The van der Waals surface area contributed by atoms with Crippen molar-refractivity contribution >= 4 is 256 Å². The molecule has 0 spiro atoms. The largest absolute Gasteiger partial charge is 0.456 e. The first kappa shape index (κ1) is 71.2. The fourth-order valence-electron chi connectivity index (χ4n) is 23.7. The second-order valence-electron chi connectivity index (χ2n) is 36.0. The summed E-state index contributed by atoms with van der Waals surface area (Å²) >= 11 is 0. The van der Waals surface area contributed by atoms with Crippen LogP contribution in [0.3, 0.4) is 0 Å². The average molecular weight is 1690 g/mol. The topological polar surface area (TPSA) is 67.4 Å². The van der Waals surface area contributed by atoms with Gasteiger partial charge in [-0.3, -0.25) is 0 Å². The van der Waals surface area contributed by atoms with E-state index in [1.807, 2.05) is 36.4 Å². The van der Waals surface area contributed by atoms with Gasteiger partial charge in [-0.15, -0.1) is 0 Å². The smallest absolute Gasteiger partial charge is 0.137 e. The van der Waals surface area contributed by atoms with Crippen molar-refractivity contribution in [2.45, 2.75) is 0 Å². The van der Waals surface area contributed by atoms with E-state index in [4.69, 9.17) is 13.3 Å². The maximum Gasteiger partial charge on any atom is 0.137 e. The summed E-state index contributed by atoms with van der Waals surface area (Å²) in [5, 5.41) is 32.5. The molecule has 0 saturated carbocycles. The predicted molar refractivity (Wildman–Crippen MR) is 557 cm³/mol. The van der Waals surface area contributed by atoms with E-state index in [0.29, 0.717) is 0 Å². The zero-order valence-electron chi connectivity index (χ0n) is 71.3. The highest BCUT2D eigenvalue weighted by Crippen LogP contribution is 2.51. The molecule has 0 radical (unpaired) electrons. The van der Waals surface area contributed by atoms with Gasteiger partial charge < -0.3 is 40.2 Å². The quantitative estimate of drug-likeness (QED) is 0.172. The number of hydrogen-bond acceptors (Lipinski definition) is 3. The van der Waals surface area contributed by atoms with Crippen molar-refractivity contribution in [3.63, 3.8) is 0 Å². The zero-order chi connectivity index (χ0) is 86.3. The Morgan fingerprint density at radius 2 is 0.451 bits per heavy atom. The van der Waals surface area contributed by atoms with Crippen molar-refractivity contribution in [2.24, 2.45) is 0 Å². The van der Waals surface area contributed by atoms with Gasteiger partial charge in [0.2, 0.25) is 0 Å². The summed E-state index contributed by atoms with van der Waals surface area (Å²) in [6, 6.07) is 154. The minimum absolute atomic E-state index is 0.896. The molecule has 614 valence electrons. The normalized spacial score (nSPS) is 12.5. The number of furan rings is 3. The van der Waals surface area contributed by atoms with Crippen LogP contribution < -0.4 is 0 Å². The fraction of sp³-hybridized carbons (Fsp3) is 0. The van der Waals surface area contributed by atoms with Crippen LogP contribution in [-0.2, 0) is 0 Å². The molecule has 0 amide bonds. The molecule has 0 fully saturated rings. The lowest BCUT2D eigenvalue weighted by molar-refractivity contribution is 0.668. The van der Waals surface area contributed by atoms with Crippen molar-refractivity contribution in [2.75, 3.05) is 0 Å². The van der Waals surface area contributed by atoms with Crippen molar-refractivity contribution in [3.8, 4) is 39.3 Å². The van der Waals surface area contributed by atoms with Gasteiger partial charge in [-0.05, 0) is 173 Å². The molecule has 0 aliphatic carbocycles. The summed E-state index contributed by atoms with van der Waals surface area (Å²) in [6.07, 6.45) is 0. The van der Waals surface area contributed by atoms with Crippen LogP contribution in [0.4, 0.5) is 0 Å². The number of hydrogen-bond donors (Lipinski definition) is 0. The summed E-state index contributed by atoms with van der Waals surface area (Å²) < 4.78 is 33.7. The molecule has 9 nitrogen and oxygen atoms in total. The molecule has 0 aliphatic heterocycles. The Hall–Kier alpha value is -17.9. The Morgan fingerprint density at radius 3 is 0.985 bits per heavy atom. The molecule has 12 heterocycles. The Morgan fingerprint density at radius 1 is 0.135 bits per heavy atom. The highest BCUT2D eigenvalue weighted by atomic mass is 16.3. The lowest BCUT2D eigenvalue weighted by Gasteiger charge is -2.10. The lowest BCUT2D eigenvalue weighted by atomic mass is 9.99. The highest BCUT2D eigenvalue weighted by molar-refractivity contribution is 6.34. The van der Waals surface area contributed by atoms with Crippen LogP contribution in [0.2, 0.25) is 0 Å². The number of nitrogens with zero attached hydrogens (tertiary/aromatic N) is 6. The molecule has 0 unspecified atom stereocenters. The molecule has 9 heteroatoms. The molecule has 0 aliphatic rings. The van der Waals surface area contributed by atoms with Crippen molar-refractivity contribution < 1.29 is 13.3 Å². The van der Waals surface area contributed by atoms with Crippen LogP contribution in [0, 0.1) is 0 Å². The first-order valence-electron chi connectivity index (χ1n) is 45.7. The zero-order valence-corrected chi connectivity index (χ0v) is 71.3. The summed E-state index contributed by atoms with van der Waals surface area (Å²) in [5.41, 5.74) is 32.2. The van der Waals surface area contributed by atoms with E-state index in [1.165, 1.54) is 213 Å². The highest BCUT2D eigenvalue weighted by Gasteiger charge is 2.28. The molecular formula is C124H70N6O3. The Bertz CT molecular complexity index is 10900. The van der Waals surface area contributed by atoms with E-state index >= 15 is 0 Å². The van der Waals surface area contributed by atoms with Crippen molar-refractivity contribution in [3.05, 3.63) is 425 Å². The molecule has 33 rings (SSSR count). The summed E-state index contributed by atoms with van der Waals surface area (Å²) in [5.74, 6) is 0. The van der Waals surface area contributed by atoms with Gasteiger partial charge in [-0.1, -0.05) is 267 Å². The number of benzene rings is 21. The van der Waals surface area contributed by atoms with Crippen LogP contribution in [0.5, 0.6) is 0 Å². The fourth-order valence-corrected chi connectivity index (χ4v) is 23.7. The maximum atomic E-state index is 6.39. The molecule has 0 saturated heterocycles. The van der Waals surface area contributed by atoms with Crippen LogP contribution in [-0.4, -0.2) is 26.9 Å². The number of para-hydroxylation sites is 10. The first-order chi connectivity index (χ1) is 66.0. The Kier molecular flexibility index (Phi) is 14.1. The van der Waals surface area contributed by atoms with Gasteiger partial charge in [0.15, 0.2) is 0 Å². The third-order valence-electron chi connectivity index (χ3n) is 29.3. The van der Waals surface area contributed by atoms with Crippen molar-refractivity contribution in [1.29, 1.82) is 0 Å². The van der Waals surface area contributed by atoms with Gasteiger partial charge in [0.25, 0.3) is 0 Å². The molecule has 0 N–H and O–H groups in total. The lowest BCUT2D eigenvalue weighted by Crippen LogP contribution is -1.94. The van der Waals surface area contributed by atoms with Gasteiger partial charge in [-0.2, -0.15) is 0 Å². The van der Waals surface area contributed by atoms with Gasteiger partial charge in [0.05, 0.1) is 82.8 Å². The standard InChI is InChI=1S/C48H28N2O.C40H22N2O.C36H20N2O/c1-2-9-29(10-3-1)30-17-22-43-40(25-30)41-27-32(18-23-44(41)49(43)33-20-21-36-35-12-5-7-16-46(35)51-47(36)28-33)31-19-24-45-39(26-31)38-14-8-13-37-34-11-4-6-15-42(34)50(45)48(37)38;1-2-9-25-23(8-1)16-20-33-37(25)31-19-21-34-38(30-13-7-12-29-26-10-3-5-14-32(26)42(34)39(29)30)40(31)41(33)24-17-18-28-27-11-4-6-15-35(27)43-36(28)22-24;1-5-14-31-22(8-1)26-11-7-12-27-29-20-32-28(19-33(29)38(31)36(26)27)23-9-2-4-13-30(23)37(32)21-16-17-25-24-10-3-6-15-34(24)39-35(25)18-21/h1-28H;1-22H;1-20H. The monoisotopic (exact) mass is 1690 g/mol. The van der Waals surface area contributed by atoms with Crippen LogP contribution in [0.1, 0.15) is 0 Å². The minimum atomic E-state index is 0.896. The van der Waals surface area contributed by atoms with Crippen molar-refractivity contribution in [1.82, 2.24) is 26.9 Å². The molecule has 0 atom stereocenters. The molecule has 133 heavy (non-hydrogen) atoms. The average Bonchev–Trinajstić information content (AvgIpc) is 1.46. The van der Waals surface area contributed by atoms with E-state index in [0.717, 1.165) is 82.9 Å². The van der Waals surface area contributed by atoms with Gasteiger partial charge in [0.1, 0.15) is 33.5 Å². The second kappa shape index (κ2) is 26.4. The summed E-state index contributed by atoms with van der Waals surface area (Å²) in [7, 11) is 0. The first-order valence-corrected chi connectivity index (χ1v) is 45.7. The maximum absolute atomic E-state index is 6.39. The Labute approximate surface area is 755 Å².